The Kier molecular flexibility index (Phi) is 4.34. The van der Waals surface area contributed by atoms with Crippen LogP contribution in [0.3, 0.4) is 0 Å². The SMILES string of the molecule is Cc1cccc2c1B1c3c(cccc3C2(c2ccccc2)c2ccccc2)-n2c3ccccc3c3cccc1c32. The first-order chi connectivity index (χ1) is 19.8. The Morgan fingerprint density at radius 2 is 1.12 bits per heavy atom. The number of hydrogen-bond donors (Lipinski definition) is 0. The van der Waals surface area contributed by atoms with Gasteiger partial charge >= 0.3 is 0 Å². The van der Waals surface area contributed by atoms with Gasteiger partial charge in [0.05, 0.1) is 10.9 Å². The van der Waals surface area contributed by atoms with Crippen molar-refractivity contribution in [3.63, 3.8) is 0 Å². The third kappa shape index (κ3) is 2.55. The lowest BCUT2D eigenvalue weighted by molar-refractivity contribution is 0.749. The maximum Gasteiger partial charge on any atom is 0.247 e. The van der Waals surface area contributed by atoms with Crippen LogP contribution in [0.1, 0.15) is 27.8 Å². The van der Waals surface area contributed by atoms with E-state index in [1.807, 2.05) is 0 Å². The number of fused-ring (bicyclic) bond motifs is 7. The fourth-order valence-corrected chi connectivity index (χ4v) is 8.06. The number of aryl methyl sites for hydroxylation is 1. The summed E-state index contributed by atoms with van der Waals surface area (Å²) >= 11 is 0. The molecule has 9 rings (SSSR count). The van der Waals surface area contributed by atoms with Gasteiger partial charge in [-0.05, 0) is 52.2 Å². The first kappa shape index (κ1) is 22.0. The van der Waals surface area contributed by atoms with Gasteiger partial charge in [0.1, 0.15) is 0 Å². The van der Waals surface area contributed by atoms with Crippen LogP contribution in [0.5, 0.6) is 0 Å². The minimum atomic E-state index is -0.430. The van der Waals surface area contributed by atoms with Crippen molar-refractivity contribution in [2.75, 3.05) is 0 Å². The molecule has 0 saturated heterocycles. The molecule has 7 aromatic rings. The fraction of sp³-hybridized carbons (Fsp3) is 0.0526. The summed E-state index contributed by atoms with van der Waals surface area (Å²) in [6, 6.07) is 52.1. The largest absolute Gasteiger partial charge is 0.310 e. The van der Waals surface area contributed by atoms with Crippen LogP contribution >= 0.6 is 0 Å². The quantitative estimate of drug-likeness (QED) is 0.232. The summed E-state index contributed by atoms with van der Waals surface area (Å²) in [6.45, 7) is 2.47. The normalized spacial score (nSPS) is 14.3. The number of aromatic nitrogens is 1. The van der Waals surface area contributed by atoms with Gasteiger partial charge in [-0.3, -0.25) is 0 Å². The van der Waals surface area contributed by atoms with E-state index in [-0.39, 0.29) is 6.71 Å². The van der Waals surface area contributed by atoms with Crippen LogP contribution in [0.2, 0.25) is 0 Å². The molecule has 0 amide bonds. The van der Waals surface area contributed by atoms with Crippen molar-refractivity contribution < 1.29 is 0 Å². The number of hydrogen-bond acceptors (Lipinski definition) is 0. The van der Waals surface area contributed by atoms with Gasteiger partial charge in [0.15, 0.2) is 0 Å². The molecule has 0 radical (unpaired) electrons. The molecule has 0 spiro atoms. The van der Waals surface area contributed by atoms with Crippen LogP contribution in [0, 0.1) is 6.92 Å². The predicted octanol–water partition coefficient (Wildman–Crippen LogP) is 6.62. The summed E-state index contributed by atoms with van der Waals surface area (Å²) in [7, 11) is 0. The van der Waals surface area contributed by atoms with Crippen molar-refractivity contribution in [3.05, 3.63) is 167 Å². The average Bonchev–Trinajstić information content (AvgIpc) is 3.36. The van der Waals surface area contributed by atoms with E-state index < -0.39 is 5.41 Å². The Bertz CT molecular complexity index is 2080. The molecule has 2 heteroatoms. The first-order valence-corrected chi connectivity index (χ1v) is 14.2. The molecule has 0 bridgehead atoms. The molecule has 0 fully saturated rings. The number of para-hydroxylation sites is 2. The first-order valence-electron chi connectivity index (χ1n) is 14.2. The van der Waals surface area contributed by atoms with Crippen molar-refractivity contribution in [2.24, 2.45) is 0 Å². The van der Waals surface area contributed by atoms with Crippen LogP contribution in [-0.4, -0.2) is 11.3 Å². The summed E-state index contributed by atoms with van der Waals surface area (Å²) in [6.07, 6.45) is 0. The number of rotatable bonds is 2. The monoisotopic (exact) mass is 507 g/mol. The zero-order chi connectivity index (χ0) is 26.4. The van der Waals surface area contributed by atoms with Crippen LogP contribution in [-0.2, 0) is 5.41 Å². The molecule has 3 heterocycles. The molecule has 2 aliphatic rings. The molecule has 0 atom stereocenters. The lowest BCUT2D eigenvalue weighted by Crippen LogP contribution is -2.65. The van der Waals surface area contributed by atoms with Gasteiger partial charge in [-0.2, -0.15) is 0 Å². The Labute approximate surface area is 234 Å². The topological polar surface area (TPSA) is 4.93 Å². The lowest BCUT2D eigenvalue weighted by atomic mass is 9.29. The molecule has 40 heavy (non-hydrogen) atoms. The van der Waals surface area contributed by atoms with Gasteiger partial charge in [-0.15, -0.1) is 0 Å². The van der Waals surface area contributed by atoms with E-state index in [0.717, 1.165) is 0 Å². The highest BCUT2D eigenvalue weighted by atomic mass is 15.0. The molecule has 0 aliphatic carbocycles. The van der Waals surface area contributed by atoms with Crippen molar-refractivity contribution in [3.8, 4) is 5.69 Å². The number of benzene rings is 6. The summed E-state index contributed by atoms with van der Waals surface area (Å²) in [5.41, 5.74) is 14.5. The van der Waals surface area contributed by atoms with E-state index in [4.69, 9.17) is 0 Å². The van der Waals surface area contributed by atoms with Crippen molar-refractivity contribution in [1.82, 2.24) is 4.57 Å². The summed E-state index contributed by atoms with van der Waals surface area (Å²) in [4.78, 5) is 0. The summed E-state index contributed by atoms with van der Waals surface area (Å²) < 4.78 is 2.54. The molecule has 0 unspecified atom stereocenters. The molecular weight excluding hydrogens is 481 g/mol. The van der Waals surface area contributed by atoms with Gasteiger partial charge < -0.3 is 4.57 Å². The van der Waals surface area contributed by atoms with Crippen LogP contribution in [0.15, 0.2) is 140 Å². The van der Waals surface area contributed by atoms with Gasteiger partial charge in [0.25, 0.3) is 0 Å². The Morgan fingerprint density at radius 3 is 1.88 bits per heavy atom. The van der Waals surface area contributed by atoms with Crippen LogP contribution < -0.4 is 16.4 Å². The molecule has 0 saturated carbocycles. The minimum Gasteiger partial charge on any atom is -0.310 e. The summed E-state index contributed by atoms with van der Waals surface area (Å²) in [5, 5.41) is 2.65. The molecule has 1 aromatic heterocycles. The Balaban J connectivity index is 1.55. The zero-order valence-electron chi connectivity index (χ0n) is 22.3. The molecule has 186 valence electrons. The number of nitrogens with zero attached hydrogens (tertiary/aromatic N) is 1. The van der Waals surface area contributed by atoms with Gasteiger partial charge in [0, 0.05) is 22.0 Å². The smallest absolute Gasteiger partial charge is 0.247 e. The van der Waals surface area contributed by atoms with E-state index in [1.54, 1.807) is 0 Å². The molecule has 2 aliphatic heterocycles. The minimum absolute atomic E-state index is 0.170. The Hall–Kier alpha value is -4.82. The highest BCUT2D eigenvalue weighted by Gasteiger charge is 2.50. The maximum absolute atomic E-state index is 2.54. The third-order valence-electron chi connectivity index (χ3n) is 9.48. The second-order valence-corrected chi connectivity index (χ2v) is 11.3. The van der Waals surface area contributed by atoms with Gasteiger partial charge in [-0.25, -0.2) is 0 Å². The second kappa shape index (κ2) is 7.86. The van der Waals surface area contributed by atoms with E-state index in [9.17, 15) is 0 Å². The van der Waals surface area contributed by atoms with E-state index in [0.29, 0.717) is 0 Å². The molecule has 0 N–H and O–H groups in total. The highest BCUT2D eigenvalue weighted by molar-refractivity contribution is 6.99. The highest BCUT2D eigenvalue weighted by Crippen LogP contribution is 2.47. The zero-order valence-corrected chi connectivity index (χ0v) is 22.3. The van der Waals surface area contributed by atoms with Gasteiger partial charge in [-0.1, -0.05) is 138 Å². The fourth-order valence-electron chi connectivity index (χ4n) is 8.06. The predicted molar refractivity (Wildman–Crippen MR) is 168 cm³/mol. The van der Waals surface area contributed by atoms with Crippen LogP contribution in [0.25, 0.3) is 27.5 Å². The lowest BCUT2D eigenvalue weighted by Gasteiger charge is -2.47. The standard InChI is InChI=1S/C38H26BN/c1-25-13-10-20-30-35(25)39-32-22-11-19-29-28-18-8-9-23-33(28)40(37(29)32)34-24-12-21-31(36(34)39)38(30,26-14-4-2-5-15-26)27-16-6-3-7-17-27/h2-24H,1H3. The van der Waals surface area contributed by atoms with E-state index in [1.165, 1.54) is 71.7 Å². The van der Waals surface area contributed by atoms with E-state index >= 15 is 0 Å². The van der Waals surface area contributed by atoms with E-state index in [2.05, 4.69) is 151 Å². The van der Waals surface area contributed by atoms with Gasteiger partial charge in [0.2, 0.25) is 6.71 Å². The Morgan fingerprint density at radius 1 is 0.525 bits per heavy atom. The third-order valence-corrected chi connectivity index (χ3v) is 9.48. The molecule has 6 aromatic carbocycles. The van der Waals surface area contributed by atoms with Crippen molar-refractivity contribution >= 4 is 44.9 Å². The average molecular weight is 507 g/mol. The van der Waals surface area contributed by atoms with Crippen molar-refractivity contribution in [1.29, 1.82) is 0 Å². The molecular formula is C38H26BN. The second-order valence-electron chi connectivity index (χ2n) is 11.3. The maximum atomic E-state index is 2.54. The molecule has 1 nitrogen and oxygen atoms in total. The van der Waals surface area contributed by atoms with Crippen molar-refractivity contribution in [2.45, 2.75) is 12.3 Å². The van der Waals surface area contributed by atoms with Crippen LogP contribution in [0.4, 0.5) is 0 Å². The summed E-state index contributed by atoms with van der Waals surface area (Å²) in [5.74, 6) is 0.